The van der Waals surface area contributed by atoms with E-state index >= 15 is 0 Å². The minimum absolute atomic E-state index is 0. The van der Waals surface area contributed by atoms with Crippen LogP contribution in [-0.4, -0.2) is 56.2 Å². The van der Waals surface area contributed by atoms with E-state index in [9.17, 15) is 9.59 Å². The molecule has 1 N–H and O–H groups in total. The average Bonchev–Trinajstić information content (AvgIpc) is 2.96. The molecule has 1 aliphatic heterocycles. The predicted molar refractivity (Wildman–Crippen MR) is 96.0 cm³/mol. The third kappa shape index (κ3) is 7.05. The predicted octanol–water partition coefficient (Wildman–Crippen LogP) is 1.66. The topological polar surface area (TPSA) is 67.9 Å². The van der Waals surface area contributed by atoms with Gasteiger partial charge < -0.3 is 19.7 Å². The number of carbonyl (C=O) groups excluding carboxylic acids is 2. The van der Waals surface area contributed by atoms with Crippen molar-refractivity contribution in [3.63, 3.8) is 0 Å². The standard InChI is InChI=1S/C16H22N2O4.2ClH/c1-18(2)16(20)14-10-13(11-17-14)21-9-8-15(19)22-12-6-4-3-5-7-12;;/h3-7,13-14,17H,8-11H2,1-2H3;2*1H/t13-,14-;;/m0../s1. The summed E-state index contributed by atoms with van der Waals surface area (Å²) in [4.78, 5) is 25.0. The highest BCUT2D eigenvalue weighted by Crippen LogP contribution is 2.13. The zero-order valence-corrected chi connectivity index (χ0v) is 15.4. The number of carbonyl (C=O) groups is 2. The Balaban J connectivity index is 0.00000264. The Morgan fingerprint density at radius 3 is 2.50 bits per heavy atom. The summed E-state index contributed by atoms with van der Waals surface area (Å²) in [5, 5.41) is 3.13. The van der Waals surface area contributed by atoms with Gasteiger partial charge in [-0.15, -0.1) is 24.8 Å². The van der Waals surface area contributed by atoms with Crippen LogP contribution < -0.4 is 10.1 Å². The minimum Gasteiger partial charge on any atom is -0.426 e. The third-order valence-electron chi connectivity index (χ3n) is 3.46. The molecule has 0 spiro atoms. The van der Waals surface area contributed by atoms with Crippen LogP contribution in [0.2, 0.25) is 0 Å². The van der Waals surface area contributed by atoms with E-state index in [4.69, 9.17) is 9.47 Å². The van der Waals surface area contributed by atoms with Gasteiger partial charge in [0.2, 0.25) is 5.91 Å². The molecule has 1 aromatic carbocycles. The van der Waals surface area contributed by atoms with E-state index in [-0.39, 0.29) is 55.3 Å². The van der Waals surface area contributed by atoms with E-state index in [1.165, 1.54) is 0 Å². The number of esters is 1. The van der Waals surface area contributed by atoms with Gasteiger partial charge in [0.05, 0.1) is 25.2 Å². The molecule has 0 radical (unpaired) electrons. The molecule has 2 rings (SSSR count). The SMILES string of the molecule is CN(C)C(=O)[C@@H]1C[C@H](OCCC(=O)Oc2ccccc2)CN1.Cl.Cl. The maximum absolute atomic E-state index is 11.8. The summed E-state index contributed by atoms with van der Waals surface area (Å²) in [5.74, 6) is 0.263. The highest BCUT2D eigenvalue weighted by atomic mass is 35.5. The van der Waals surface area contributed by atoms with Crippen LogP contribution in [-0.2, 0) is 14.3 Å². The molecular formula is C16H24Cl2N2O4. The monoisotopic (exact) mass is 378 g/mol. The lowest BCUT2D eigenvalue weighted by Gasteiger charge is -2.16. The molecule has 1 aromatic rings. The van der Waals surface area contributed by atoms with Crippen LogP contribution in [0.5, 0.6) is 5.75 Å². The number of hydrogen-bond acceptors (Lipinski definition) is 5. The Labute approximate surface area is 154 Å². The molecule has 1 amide bonds. The summed E-state index contributed by atoms with van der Waals surface area (Å²) in [6, 6.07) is 8.75. The second-order valence-corrected chi connectivity index (χ2v) is 5.46. The highest BCUT2D eigenvalue weighted by molar-refractivity contribution is 5.85. The molecule has 1 aliphatic rings. The third-order valence-corrected chi connectivity index (χ3v) is 3.46. The van der Waals surface area contributed by atoms with Crippen molar-refractivity contribution in [3.05, 3.63) is 30.3 Å². The molecular weight excluding hydrogens is 355 g/mol. The first-order valence-electron chi connectivity index (χ1n) is 7.38. The number of ether oxygens (including phenoxy) is 2. The fourth-order valence-electron chi connectivity index (χ4n) is 2.31. The normalized spacial score (nSPS) is 18.9. The fraction of sp³-hybridized carbons (Fsp3) is 0.500. The van der Waals surface area contributed by atoms with Gasteiger partial charge in [-0.1, -0.05) is 18.2 Å². The molecule has 6 nitrogen and oxygen atoms in total. The Hall–Kier alpha value is -1.34. The lowest BCUT2D eigenvalue weighted by Crippen LogP contribution is -2.39. The maximum Gasteiger partial charge on any atom is 0.313 e. The first kappa shape index (κ1) is 22.7. The van der Waals surface area contributed by atoms with Gasteiger partial charge in [0.15, 0.2) is 0 Å². The summed E-state index contributed by atoms with van der Waals surface area (Å²) in [6.45, 7) is 0.916. The zero-order chi connectivity index (χ0) is 15.9. The summed E-state index contributed by atoms with van der Waals surface area (Å²) >= 11 is 0. The molecule has 24 heavy (non-hydrogen) atoms. The van der Waals surface area contributed by atoms with E-state index in [0.717, 1.165) is 0 Å². The number of amides is 1. The number of halogens is 2. The maximum atomic E-state index is 11.8. The molecule has 0 unspecified atom stereocenters. The first-order chi connectivity index (χ1) is 10.6. The summed E-state index contributed by atoms with van der Waals surface area (Å²) in [5.41, 5.74) is 0. The lowest BCUT2D eigenvalue weighted by atomic mass is 10.2. The lowest BCUT2D eigenvalue weighted by molar-refractivity contribution is -0.136. The van der Waals surface area contributed by atoms with Crippen molar-refractivity contribution in [2.75, 3.05) is 27.2 Å². The minimum atomic E-state index is -0.321. The van der Waals surface area contributed by atoms with Crippen LogP contribution in [0.25, 0.3) is 0 Å². The van der Waals surface area contributed by atoms with Crippen LogP contribution in [0.15, 0.2) is 30.3 Å². The van der Waals surface area contributed by atoms with Gasteiger partial charge in [-0.05, 0) is 18.6 Å². The van der Waals surface area contributed by atoms with Crippen molar-refractivity contribution in [2.45, 2.75) is 25.0 Å². The van der Waals surface area contributed by atoms with Crippen LogP contribution in [0.1, 0.15) is 12.8 Å². The summed E-state index contributed by atoms with van der Waals surface area (Å²) in [7, 11) is 3.47. The highest BCUT2D eigenvalue weighted by Gasteiger charge is 2.30. The average molecular weight is 379 g/mol. The van der Waals surface area contributed by atoms with Crippen LogP contribution in [0, 0.1) is 0 Å². The number of para-hydroxylation sites is 1. The van der Waals surface area contributed by atoms with Crippen LogP contribution in [0.3, 0.4) is 0 Å². The molecule has 0 bridgehead atoms. The van der Waals surface area contributed by atoms with Gasteiger partial charge in [-0.25, -0.2) is 0 Å². The first-order valence-corrected chi connectivity index (χ1v) is 7.38. The van der Waals surface area contributed by atoms with Gasteiger partial charge in [-0.2, -0.15) is 0 Å². The van der Waals surface area contributed by atoms with Crippen LogP contribution >= 0.6 is 24.8 Å². The van der Waals surface area contributed by atoms with Crippen molar-refractivity contribution in [1.82, 2.24) is 10.2 Å². The van der Waals surface area contributed by atoms with Gasteiger partial charge in [-0.3, -0.25) is 9.59 Å². The zero-order valence-electron chi connectivity index (χ0n) is 13.8. The summed E-state index contributed by atoms with van der Waals surface area (Å²) in [6.07, 6.45) is 0.779. The summed E-state index contributed by atoms with van der Waals surface area (Å²) < 4.78 is 10.8. The molecule has 1 fully saturated rings. The number of hydrogen-bond donors (Lipinski definition) is 1. The van der Waals surface area contributed by atoms with Gasteiger partial charge in [0.25, 0.3) is 0 Å². The van der Waals surface area contributed by atoms with Gasteiger partial charge in [0, 0.05) is 20.6 Å². The largest absolute Gasteiger partial charge is 0.426 e. The Morgan fingerprint density at radius 1 is 1.21 bits per heavy atom. The number of benzene rings is 1. The van der Waals surface area contributed by atoms with E-state index in [1.807, 2.05) is 18.2 Å². The number of nitrogens with zero attached hydrogens (tertiary/aromatic N) is 1. The van der Waals surface area contributed by atoms with Crippen LogP contribution in [0.4, 0.5) is 0 Å². The second kappa shape index (κ2) is 11.3. The van der Waals surface area contributed by atoms with E-state index in [0.29, 0.717) is 25.3 Å². The Kier molecular flexibility index (Phi) is 10.6. The molecule has 1 heterocycles. The molecule has 1 saturated heterocycles. The molecule has 2 atom stereocenters. The van der Waals surface area contributed by atoms with Crippen molar-refractivity contribution in [3.8, 4) is 5.75 Å². The molecule has 136 valence electrons. The van der Waals surface area contributed by atoms with Crippen molar-refractivity contribution >= 4 is 36.7 Å². The van der Waals surface area contributed by atoms with Crippen molar-refractivity contribution in [1.29, 1.82) is 0 Å². The Morgan fingerprint density at radius 2 is 1.88 bits per heavy atom. The number of rotatable bonds is 6. The van der Waals surface area contributed by atoms with E-state index in [2.05, 4.69) is 5.32 Å². The van der Waals surface area contributed by atoms with E-state index < -0.39 is 0 Å². The quantitative estimate of drug-likeness (QED) is 0.602. The van der Waals surface area contributed by atoms with Gasteiger partial charge >= 0.3 is 5.97 Å². The molecule has 0 saturated carbocycles. The molecule has 0 aliphatic carbocycles. The van der Waals surface area contributed by atoms with Crippen molar-refractivity contribution < 1.29 is 19.1 Å². The number of likely N-dealkylation sites (N-methyl/N-ethyl adjacent to an activating group) is 1. The molecule has 0 aromatic heterocycles. The molecule has 8 heteroatoms. The van der Waals surface area contributed by atoms with Gasteiger partial charge in [0.1, 0.15) is 5.75 Å². The second-order valence-electron chi connectivity index (χ2n) is 5.46. The van der Waals surface area contributed by atoms with Crippen molar-refractivity contribution in [2.24, 2.45) is 0 Å². The Bertz CT molecular complexity index is 514. The fourth-order valence-corrected chi connectivity index (χ4v) is 2.31. The smallest absolute Gasteiger partial charge is 0.313 e. The number of nitrogens with one attached hydrogen (secondary N) is 1. The van der Waals surface area contributed by atoms with E-state index in [1.54, 1.807) is 31.1 Å².